The smallest absolute Gasteiger partial charge is 0.243 e. The van der Waals surface area contributed by atoms with Crippen LogP contribution in [0.2, 0.25) is 0 Å². The highest BCUT2D eigenvalue weighted by atomic mass is 35.5. The van der Waals surface area contributed by atoms with Gasteiger partial charge in [-0.3, -0.25) is 4.79 Å². The van der Waals surface area contributed by atoms with Gasteiger partial charge in [-0.25, -0.2) is 8.42 Å². The molecule has 1 saturated carbocycles. The minimum Gasteiger partial charge on any atom is -0.311 e. The van der Waals surface area contributed by atoms with Crippen LogP contribution in [-0.4, -0.2) is 42.6 Å². The molecule has 2 aliphatic rings. The summed E-state index contributed by atoms with van der Waals surface area (Å²) in [7, 11) is -3.50. The molecule has 132 valence electrons. The number of benzene rings is 1. The average Bonchev–Trinajstić information content (AvgIpc) is 2.98. The van der Waals surface area contributed by atoms with Crippen molar-refractivity contribution in [2.75, 3.05) is 24.5 Å². The second-order valence-electron chi connectivity index (χ2n) is 6.14. The largest absolute Gasteiger partial charge is 0.311 e. The molecule has 24 heavy (non-hydrogen) atoms. The zero-order chi connectivity index (χ0) is 17.7. The number of hydrogen-bond acceptors (Lipinski definition) is 3. The Balaban J connectivity index is 1.88. The Morgan fingerprint density at radius 3 is 2.50 bits per heavy atom. The first-order valence-electron chi connectivity index (χ1n) is 8.04. The molecule has 1 heterocycles. The van der Waals surface area contributed by atoms with Crippen molar-refractivity contribution >= 4 is 44.8 Å². The molecule has 0 aromatic heterocycles. The maximum atomic E-state index is 12.6. The minimum absolute atomic E-state index is 0.0851. The van der Waals surface area contributed by atoms with Gasteiger partial charge in [-0.05, 0) is 36.6 Å². The molecular weight excluding hydrogens is 371 g/mol. The van der Waals surface area contributed by atoms with Crippen molar-refractivity contribution in [3.05, 3.63) is 23.8 Å². The molecule has 1 unspecified atom stereocenters. The van der Waals surface area contributed by atoms with Crippen molar-refractivity contribution < 1.29 is 13.2 Å². The fraction of sp³-hybridized carbons (Fsp3) is 0.562. The molecule has 0 spiro atoms. The van der Waals surface area contributed by atoms with Crippen LogP contribution in [0, 0.1) is 5.92 Å². The van der Waals surface area contributed by atoms with Crippen LogP contribution in [0.1, 0.15) is 25.8 Å². The third-order valence-electron chi connectivity index (χ3n) is 4.68. The number of halogens is 2. The van der Waals surface area contributed by atoms with E-state index in [0.717, 1.165) is 11.3 Å². The Morgan fingerprint density at radius 1 is 1.33 bits per heavy atom. The van der Waals surface area contributed by atoms with Gasteiger partial charge < -0.3 is 4.90 Å². The molecule has 3 rings (SSSR count). The normalized spacial score (nSPS) is 21.9. The number of anilines is 1. The highest BCUT2D eigenvalue weighted by Crippen LogP contribution is 2.54. The van der Waals surface area contributed by atoms with Crippen LogP contribution in [0.15, 0.2) is 23.1 Å². The van der Waals surface area contributed by atoms with E-state index in [-0.39, 0.29) is 16.7 Å². The number of alkyl halides is 2. The van der Waals surface area contributed by atoms with E-state index in [9.17, 15) is 13.2 Å². The van der Waals surface area contributed by atoms with Crippen LogP contribution in [0.5, 0.6) is 0 Å². The van der Waals surface area contributed by atoms with E-state index in [2.05, 4.69) is 0 Å². The van der Waals surface area contributed by atoms with Crippen LogP contribution >= 0.6 is 23.2 Å². The summed E-state index contributed by atoms with van der Waals surface area (Å²) in [6.45, 7) is 5.01. The van der Waals surface area contributed by atoms with E-state index >= 15 is 0 Å². The van der Waals surface area contributed by atoms with Gasteiger partial charge in [-0.1, -0.05) is 13.8 Å². The molecule has 5 nitrogen and oxygen atoms in total. The fourth-order valence-corrected chi connectivity index (χ4v) is 5.15. The van der Waals surface area contributed by atoms with Crippen molar-refractivity contribution in [3.63, 3.8) is 0 Å². The van der Waals surface area contributed by atoms with E-state index in [0.29, 0.717) is 32.5 Å². The van der Waals surface area contributed by atoms with E-state index < -0.39 is 14.4 Å². The van der Waals surface area contributed by atoms with Crippen molar-refractivity contribution in [3.8, 4) is 0 Å². The molecule has 8 heteroatoms. The summed E-state index contributed by atoms with van der Waals surface area (Å²) in [6, 6.07) is 4.96. The van der Waals surface area contributed by atoms with E-state index in [1.54, 1.807) is 23.1 Å². The van der Waals surface area contributed by atoms with Crippen LogP contribution < -0.4 is 4.90 Å². The Morgan fingerprint density at radius 2 is 1.96 bits per heavy atom. The molecule has 0 bridgehead atoms. The summed E-state index contributed by atoms with van der Waals surface area (Å²) in [4.78, 5) is 14.4. The predicted octanol–water partition coefficient (Wildman–Crippen LogP) is 2.80. The van der Waals surface area contributed by atoms with Gasteiger partial charge in [0, 0.05) is 25.3 Å². The van der Waals surface area contributed by atoms with Gasteiger partial charge in [0.05, 0.1) is 10.8 Å². The standard InChI is InChI=1S/C16H20Cl2N2O3S/c1-3-19(4-2)24(22,23)12-5-6-14-11(9-12)7-8-20(14)15(21)13-10-16(13,17)18/h5-6,9,13H,3-4,7-8,10H2,1-2H3. The lowest BCUT2D eigenvalue weighted by atomic mass is 10.2. The predicted molar refractivity (Wildman–Crippen MR) is 95.1 cm³/mol. The summed E-state index contributed by atoms with van der Waals surface area (Å²) in [5, 5.41) is 0. The number of sulfonamides is 1. The van der Waals surface area contributed by atoms with Gasteiger partial charge in [0.25, 0.3) is 0 Å². The van der Waals surface area contributed by atoms with E-state index in [1.165, 1.54) is 4.31 Å². The lowest BCUT2D eigenvalue weighted by Gasteiger charge is -2.20. The molecule has 1 aromatic carbocycles. The van der Waals surface area contributed by atoms with Gasteiger partial charge >= 0.3 is 0 Å². The fourth-order valence-electron chi connectivity index (χ4n) is 3.15. The molecule has 1 aliphatic carbocycles. The molecule has 1 aromatic rings. The van der Waals surface area contributed by atoms with Crippen LogP contribution in [0.25, 0.3) is 0 Å². The number of fused-ring (bicyclic) bond motifs is 1. The van der Waals surface area contributed by atoms with Crippen molar-refractivity contribution in [2.45, 2.75) is 35.9 Å². The van der Waals surface area contributed by atoms with Gasteiger partial charge in [0.1, 0.15) is 4.33 Å². The van der Waals surface area contributed by atoms with Crippen LogP contribution in [0.4, 0.5) is 5.69 Å². The van der Waals surface area contributed by atoms with Gasteiger partial charge in [0.2, 0.25) is 15.9 Å². The Kier molecular flexibility index (Phi) is 4.62. The summed E-state index contributed by atoms with van der Waals surface area (Å²) >= 11 is 12.0. The molecule has 1 aliphatic heterocycles. The molecule has 0 saturated heterocycles. The lowest BCUT2D eigenvalue weighted by molar-refractivity contribution is -0.119. The zero-order valence-electron chi connectivity index (χ0n) is 13.6. The number of rotatable bonds is 5. The first-order valence-corrected chi connectivity index (χ1v) is 10.2. The van der Waals surface area contributed by atoms with Crippen LogP contribution in [-0.2, 0) is 21.2 Å². The van der Waals surface area contributed by atoms with Crippen LogP contribution in [0.3, 0.4) is 0 Å². The molecule has 0 N–H and O–H groups in total. The summed E-state index contributed by atoms with van der Waals surface area (Å²) in [5.74, 6) is -0.455. The lowest BCUT2D eigenvalue weighted by Crippen LogP contribution is -2.32. The maximum absolute atomic E-state index is 12.6. The number of hydrogen-bond donors (Lipinski definition) is 0. The van der Waals surface area contributed by atoms with Gasteiger partial charge in [-0.2, -0.15) is 4.31 Å². The second kappa shape index (κ2) is 6.16. The highest BCUT2D eigenvalue weighted by molar-refractivity contribution is 7.89. The topological polar surface area (TPSA) is 57.7 Å². The Bertz CT molecular complexity index is 776. The summed E-state index contributed by atoms with van der Waals surface area (Å²) in [5.41, 5.74) is 1.63. The third kappa shape index (κ3) is 2.94. The number of amides is 1. The highest BCUT2D eigenvalue weighted by Gasteiger charge is 2.58. The van der Waals surface area contributed by atoms with E-state index in [4.69, 9.17) is 23.2 Å². The number of nitrogens with zero attached hydrogens (tertiary/aromatic N) is 2. The third-order valence-corrected chi connectivity index (χ3v) is 7.56. The van der Waals surface area contributed by atoms with Crippen molar-refractivity contribution in [2.24, 2.45) is 5.92 Å². The first-order chi connectivity index (χ1) is 11.2. The van der Waals surface area contributed by atoms with Gasteiger partial charge in [-0.15, -0.1) is 23.2 Å². The first kappa shape index (κ1) is 18.0. The second-order valence-corrected chi connectivity index (χ2v) is 9.62. The number of carbonyl (C=O) groups is 1. The minimum atomic E-state index is -3.50. The van der Waals surface area contributed by atoms with Crippen molar-refractivity contribution in [1.82, 2.24) is 4.31 Å². The quantitative estimate of drug-likeness (QED) is 0.726. The summed E-state index contributed by atoms with van der Waals surface area (Å²) in [6.07, 6.45) is 1.10. The molecule has 0 radical (unpaired) electrons. The SMILES string of the molecule is CCN(CC)S(=O)(=O)c1ccc2c(c1)CCN2C(=O)C1CC1(Cl)Cl. The van der Waals surface area contributed by atoms with E-state index in [1.807, 2.05) is 13.8 Å². The monoisotopic (exact) mass is 390 g/mol. The molecule has 1 fully saturated rings. The molecule has 1 atom stereocenters. The Labute approximate surface area is 152 Å². The maximum Gasteiger partial charge on any atom is 0.243 e. The van der Waals surface area contributed by atoms with Crippen molar-refractivity contribution in [1.29, 1.82) is 0 Å². The Hall–Kier alpha value is -0.820. The number of carbonyl (C=O) groups excluding carboxylic acids is 1. The van der Waals surface area contributed by atoms with Gasteiger partial charge in [0.15, 0.2) is 0 Å². The zero-order valence-corrected chi connectivity index (χ0v) is 16.0. The summed E-state index contributed by atoms with van der Waals surface area (Å²) < 4.78 is 25.7. The molecule has 1 amide bonds. The average molecular weight is 391 g/mol. The molecular formula is C16H20Cl2N2O3S.